The molecule has 0 aromatic heterocycles. The van der Waals surface area contributed by atoms with E-state index >= 15 is 0 Å². The van der Waals surface area contributed by atoms with Crippen LogP contribution in [0.3, 0.4) is 0 Å². The minimum Gasteiger partial charge on any atom is -0.482 e. The third-order valence-corrected chi connectivity index (χ3v) is 3.93. The predicted octanol–water partition coefficient (Wildman–Crippen LogP) is 1.91. The molecule has 0 spiro atoms. The number of halogens is 3. The number of hydrogen-bond acceptors (Lipinski definition) is 4. The molecule has 0 saturated heterocycles. The van der Waals surface area contributed by atoms with Crippen molar-refractivity contribution in [2.45, 2.75) is 6.43 Å². The van der Waals surface area contributed by atoms with Crippen LogP contribution < -0.4 is 9.64 Å². The van der Waals surface area contributed by atoms with Gasteiger partial charge in [-0.2, -0.15) is 0 Å². The number of methoxy groups -OCH3 is 1. The fourth-order valence-electron chi connectivity index (χ4n) is 2.27. The molecule has 24 heavy (non-hydrogen) atoms. The van der Waals surface area contributed by atoms with Gasteiger partial charge in [0.2, 0.25) is 5.91 Å². The topological polar surface area (TPSA) is 59.1 Å². The highest BCUT2D eigenvalue weighted by Gasteiger charge is 2.29. The third-order valence-electron chi connectivity index (χ3n) is 3.43. The summed E-state index contributed by atoms with van der Waals surface area (Å²) in [5.41, 5.74) is 0.437. The maximum absolute atomic E-state index is 12.7. The molecule has 1 aromatic rings. The van der Waals surface area contributed by atoms with E-state index in [1.807, 2.05) is 0 Å². The van der Waals surface area contributed by atoms with Gasteiger partial charge in [-0.1, -0.05) is 15.9 Å². The molecule has 0 N–H and O–H groups in total. The van der Waals surface area contributed by atoms with Gasteiger partial charge in [-0.15, -0.1) is 0 Å². The summed E-state index contributed by atoms with van der Waals surface area (Å²) in [4.78, 5) is 26.7. The number of fused-ring (bicyclic) bond motifs is 1. The van der Waals surface area contributed by atoms with Gasteiger partial charge >= 0.3 is 0 Å². The van der Waals surface area contributed by atoms with Crippen LogP contribution in [-0.2, 0) is 14.3 Å². The van der Waals surface area contributed by atoms with Crippen LogP contribution in [0.25, 0.3) is 0 Å². The molecule has 0 fully saturated rings. The molecule has 0 aliphatic carbocycles. The Morgan fingerprint density at radius 3 is 2.92 bits per heavy atom. The second kappa shape index (κ2) is 8.39. The lowest BCUT2D eigenvalue weighted by molar-refractivity contribution is -0.134. The van der Waals surface area contributed by atoms with Crippen molar-refractivity contribution in [3.63, 3.8) is 0 Å². The molecule has 132 valence electrons. The number of nitrogens with zero attached hydrogens (tertiary/aromatic N) is 2. The monoisotopic (exact) mass is 406 g/mol. The summed E-state index contributed by atoms with van der Waals surface area (Å²) < 4.78 is 36.3. The molecule has 9 heteroatoms. The van der Waals surface area contributed by atoms with Gasteiger partial charge in [0, 0.05) is 18.1 Å². The largest absolute Gasteiger partial charge is 0.482 e. The fourth-order valence-corrected chi connectivity index (χ4v) is 2.61. The van der Waals surface area contributed by atoms with Gasteiger partial charge in [0.1, 0.15) is 12.3 Å². The summed E-state index contributed by atoms with van der Waals surface area (Å²) in [5, 5.41) is 0. The smallest absolute Gasteiger partial charge is 0.265 e. The summed E-state index contributed by atoms with van der Waals surface area (Å²) in [6, 6.07) is 5.03. The van der Waals surface area contributed by atoms with Crippen molar-refractivity contribution >= 4 is 33.4 Å². The van der Waals surface area contributed by atoms with E-state index in [9.17, 15) is 18.4 Å². The highest BCUT2D eigenvalue weighted by Crippen LogP contribution is 2.34. The molecule has 0 unspecified atom stereocenters. The Morgan fingerprint density at radius 2 is 2.25 bits per heavy atom. The Bertz CT molecular complexity index is 615. The van der Waals surface area contributed by atoms with Gasteiger partial charge in [0.15, 0.2) is 6.61 Å². The van der Waals surface area contributed by atoms with E-state index in [2.05, 4.69) is 15.9 Å². The zero-order chi connectivity index (χ0) is 17.7. The van der Waals surface area contributed by atoms with E-state index in [1.54, 1.807) is 18.2 Å². The first-order valence-electron chi connectivity index (χ1n) is 7.20. The maximum Gasteiger partial charge on any atom is 0.265 e. The van der Waals surface area contributed by atoms with Gasteiger partial charge in [-0.25, -0.2) is 8.78 Å². The summed E-state index contributed by atoms with van der Waals surface area (Å²) in [5.74, 6) is -0.521. The average molecular weight is 407 g/mol. The van der Waals surface area contributed by atoms with Gasteiger partial charge in [0.05, 0.1) is 18.8 Å². The molecular weight excluding hydrogens is 390 g/mol. The lowest BCUT2D eigenvalue weighted by atomic mass is 10.2. The minimum atomic E-state index is -2.66. The van der Waals surface area contributed by atoms with E-state index in [4.69, 9.17) is 9.47 Å². The summed E-state index contributed by atoms with van der Waals surface area (Å²) in [6.07, 6.45) is -2.66. The van der Waals surface area contributed by atoms with E-state index in [0.717, 1.165) is 9.37 Å². The number of carbonyl (C=O) groups excluding carboxylic acids is 2. The van der Waals surface area contributed by atoms with Gasteiger partial charge in [-0.05, 0) is 18.2 Å². The fraction of sp³-hybridized carbons (Fsp3) is 0.467. The van der Waals surface area contributed by atoms with Crippen LogP contribution in [0.2, 0.25) is 0 Å². The first-order valence-corrected chi connectivity index (χ1v) is 7.99. The van der Waals surface area contributed by atoms with Gasteiger partial charge < -0.3 is 14.4 Å². The number of ether oxygens (including phenoxy) is 2. The molecule has 0 saturated carbocycles. The Labute approximate surface area is 146 Å². The average Bonchev–Trinajstić information content (AvgIpc) is 2.53. The quantitative estimate of drug-likeness (QED) is 0.693. The summed E-state index contributed by atoms with van der Waals surface area (Å²) >= 11 is 3.30. The van der Waals surface area contributed by atoms with Crippen LogP contribution in [0, 0.1) is 0 Å². The third kappa shape index (κ3) is 4.64. The van der Waals surface area contributed by atoms with Gasteiger partial charge in [-0.3, -0.25) is 14.5 Å². The van der Waals surface area contributed by atoms with Crippen LogP contribution >= 0.6 is 15.9 Å². The van der Waals surface area contributed by atoms with Crippen molar-refractivity contribution in [1.29, 1.82) is 0 Å². The van der Waals surface area contributed by atoms with E-state index in [-0.39, 0.29) is 26.3 Å². The standard InChI is InChI=1S/C15H17BrF2N2O4/c1-23-5-4-19(7-13(17)18)14(21)8-20-11-3-2-10(16)6-12(11)24-9-15(20)22/h2-3,6,13H,4-5,7-9H2,1H3. The zero-order valence-electron chi connectivity index (χ0n) is 13.0. The molecular formula is C15H17BrF2N2O4. The molecule has 1 heterocycles. The lowest BCUT2D eigenvalue weighted by Crippen LogP contribution is -2.48. The molecule has 0 atom stereocenters. The Balaban J connectivity index is 2.15. The molecule has 2 amide bonds. The number of anilines is 1. The predicted molar refractivity (Wildman–Crippen MR) is 86.5 cm³/mol. The van der Waals surface area contributed by atoms with Crippen LogP contribution in [-0.4, -0.2) is 63.1 Å². The second-order valence-electron chi connectivity index (χ2n) is 5.10. The van der Waals surface area contributed by atoms with E-state index < -0.39 is 24.8 Å². The number of hydrogen-bond donors (Lipinski definition) is 0. The molecule has 1 aromatic carbocycles. The molecule has 6 nitrogen and oxygen atoms in total. The number of amides is 2. The highest BCUT2D eigenvalue weighted by molar-refractivity contribution is 9.10. The molecule has 1 aliphatic heterocycles. The first kappa shape index (κ1) is 18.6. The van der Waals surface area contributed by atoms with E-state index in [1.165, 1.54) is 12.0 Å². The van der Waals surface area contributed by atoms with Crippen LogP contribution in [0.15, 0.2) is 22.7 Å². The van der Waals surface area contributed by atoms with E-state index in [0.29, 0.717) is 11.4 Å². The second-order valence-corrected chi connectivity index (χ2v) is 6.02. The SMILES string of the molecule is COCCN(CC(F)F)C(=O)CN1C(=O)COc2cc(Br)ccc21. The Kier molecular flexibility index (Phi) is 6.50. The molecule has 2 rings (SSSR count). The first-order chi connectivity index (χ1) is 11.4. The molecule has 1 aliphatic rings. The van der Waals surface area contributed by atoms with Crippen molar-refractivity contribution < 1.29 is 27.8 Å². The summed E-state index contributed by atoms with van der Waals surface area (Å²) in [7, 11) is 1.42. The van der Waals surface area contributed by atoms with Crippen molar-refractivity contribution in [2.24, 2.45) is 0 Å². The normalized spacial score (nSPS) is 13.7. The number of alkyl halides is 2. The van der Waals surface area contributed by atoms with Crippen LogP contribution in [0.4, 0.5) is 14.5 Å². The van der Waals surface area contributed by atoms with Gasteiger partial charge in [0.25, 0.3) is 12.3 Å². The zero-order valence-corrected chi connectivity index (χ0v) is 14.6. The highest BCUT2D eigenvalue weighted by atomic mass is 79.9. The molecule has 0 bridgehead atoms. The minimum absolute atomic E-state index is 0.0331. The van der Waals surface area contributed by atoms with Crippen molar-refractivity contribution in [2.75, 3.05) is 44.9 Å². The van der Waals surface area contributed by atoms with Crippen LogP contribution in [0.1, 0.15) is 0 Å². The Morgan fingerprint density at radius 1 is 1.50 bits per heavy atom. The van der Waals surface area contributed by atoms with Crippen LogP contribution in [0.5, 0.6) is 5.75 Å². The lowest BCUT2D eigenvalue weighted by Gasteiger charge is -2.31. The maximum atomic E-state index is 12.7. The number of benzene rings is 1. The van der Waals surface area contributed by atoms with Crippen molar-refractivity contribution in [3.8, 4) is 5.75 Å². The number of carbonyl (C=O) groups is 2. The van der Waals surface area contributed by atoms with Crippen molar-refractivity contribution in [3.05, 3.63) is 22.7 Å². The molecule has 0 radical (unpaired) electrons. The number of rotatable bonds is 7. The summed E-state index contributed by atoms with van der Waals surface area (Å²) in [6.45, 7) is -1.06. The Hall–Kier alpha value is -1.74. The van der Waals surface area contributed by atoms with Crippen molar-refractivity contribution in [1.82, 2.24) is 4.90 Å².